The summed E-state index contributed by atoms with van der Waals surface area (Å²) >= 11 is 4.74. The van der Waals surface area contributed by atoms with Crippen LogP contribution in [0.4, 0.5) is 0 Å². The molecule has 0 fully saturated rings. The van der Waals surface area contributed by atoms with Crippen LogP contribution in [0.3, 0.4) is 0 Å². The van der Waals surface area contributed by atoms with Crippen LogP contribution in [0.5, 0.6) is 0 Å². The minimum Gasteiger partial charge on any atom is -0.460 e. The van der Waals surface area contributed by atoms with Crippen molar-refractivity contribution in [1.82, 2.24) is 0 Å². The predicted molar refractivity (Wildman–Crippen MR) is 98.0 cm³/mol. The zero-order valence-electron chi connectivity index (χ0n) is 14.0. The molecule has 0 N–H and O–H groups in total. The van der Waals surface area contributed by atoms with Gasteiger partial charge >= 0.3 is 5.97 Å². The molecule has 0 aromatic heterocycles. The van der Waals surface area contributed by atoms with Crippen LogP contribution < -0.4 is 0 Å². The fourth-order valence-electron chi connectivity index (χ4n) is 2.40. The van der Waals surface area contributed by atoms with E-state index in [-0.39, 0.29) is 17.3 Å². The second-order valence-electron chi connectivity index (χ2n) is 5.93. The second-order valence-corrected chi connectivity index (χ2v) is 6.48. The molecule has 0 amide bonds. The van der Waals surface area contributed by atoms with Crippen molar-refractivity contribution in [3.05, 3.63) is 70.8 Å². The summed E-state index contributed by atoms with van der Waals surface area (Å²) < 4.78 is 5.66. The van der Waals surface area contributed by atoms with Gasteiger partial charge in [-0.25, -0.2) is 0 Å². The molecule has 0 saturated heterocycles. The number of esters is 1. The lowest BCUT2D eigenvalue weighted by Gasteiger charge is -2.24. The summed E-state index contributed by atoms with van der Waals surface area (Å²) in [5, 5.41) is -0.146. The molecule has 0 aliphatic carbocycles. The molecule has 2 atom stereocenters. The Hall–Kier alpha value is -1.74. The summed E-state index contributed by atoms with van der Waals surface area (Å²) in [7, 11) is 0. The van der Waals surface area contributed by atoms with E-state index < -0.39 is 0 Å². The lowest BCUT2D eigenvalue weighted by Crippen LogP contribution is -2.25. The smallest absolute Gasteiger partial charge is 0.305 e. The molecule has 23 heavy (non-hydrogen) atoms. The maximum Gasteiger partial charge on any atom is 0.305 e. The van der Waals surface area contributed by atoms with E-state index in [0.29, 0.717) is 12.8 Å². The Labute approximate surface area is 144 Å². The van der Waals surface area contributed by atoms with Gasteiger partial charge in [0.1, 0.15) is 6.10 Å². The highest BCUT2D eigenvalue weighted by Gasteiger charge is 2.24. The molecule has 0 aliphatic heterocycles. The third-order valence-electron chi connectivity index (χ3n) is 3.90. The third kappa shape index (κ3) is 5.14. The highest BCUT2D eigenvalue weighted by Crippen LogP contribution is 2.29. The lowest BCUT2D eigenvalue weighted by molar-refractivity contribution is -0.148. The summed E-state index contributed by atoms with van der Waals surface area (Å²) in [5.74, 6) is -0.187. The SMILES string of the molecule is CCC(=O)OC(Cc1ccc(C)cc1)C(S)c1ccc(C)cc1. The summed E-state index contributed by atoms with van der Waals surface area (Å²) in [6.45, 7) is 5.93. The number of aryl methyl sites for hydroxylation is 2. The third-order valence-corrected chi connectivity index (χ3v) is 4.53. The van der Waals surface area contributed by atoms with Crippen molar-refractivity contribution in [2.75, 3.05) is 0 Å². The van der Waals surface area contributed by atoms with Crippen LogP contribution in [0.2, 0.25) is 0 Å². The second kappa shape index (κ2) is 8.21. The van der Waals surface area contributed by atoms with Gasteiger partial charge in [-0.3, -0.25) is 4.79 Å². The van der Waals surface area contributed by atoms with Crippen LogP contribution >= 0.6 is 12.6 Å². The largest absolute Gasteiger partial charge is 0.460 e. The van der Waals surface area contributed by atoms with Gasteiger partial charge in [0.25, 0.3) is 0 Å². The first kappa shape index (κ1) is 17.6. The van der Waals surface area contributed by atoms with Crippen LogP contribution in [0.25, 0.3) is 0 Å². The Kier molecular flexibility index (Phi) is 6.28. The molecule has 0 aliphatic rings. The summed E-state index contributed by atoms with van der Waals surface area (Å²) in [4.78, 5) is 11.8. The van der Waals surface area contributed by atoms with E-state index >= 15 is 0 Å². The zero-order chi connectivity index (χ0) is 16.8. The van der Waals surface area contributed by atoms with Gasteiger partial charge in [0, 0.05) is 12.8 Å². The zero-order valence-corrected chi connectivity index (χ0v) is 14.8. The van der Waals surface area contributed by atoms with Gasteiger partial charge in [-0.05, 0) is 25.0 Å². The molecule has 2 nitrogen and oxygen atoms in total. The summed E-state index contributed by atoms with van der Waals surface area (Å²) in [6.07, 6.45) is 0.753. The molecule has 2 rings (SSSR count). The Bertz CT molecular complexity index is 632. The summed E-state index contributed by atoms with van der Waals surface area (Å²) in [6, 6.07) is 16.5. The number of thiol groups is 1. The molecule has 2 aromatic rings. The molecule has 0 heterocycles. The van der Waals surface area contributed by atoms with Crippen molar-refractivity contribution >= 4 is 18.6 Å². The number of hydrogen-bond donors (Lipinski definition) is 1. The topological polar surface area (TPSA) is 26.3 Å². The van der Waals surface area contributed by atoms with E-state index in [1.807, 2.05) is 6.92 Å². The van der Waals surface area contributed by atoms with Crippen molar-refractivity contribution in [1.29, 1.82) is 0 Å². The van der Waals surface area contributed by atoms with Crippen LogP contribution in [0.15, 0.2) is 48.5 Å². The van der Waals surface area contributed by atoms with Gasteiger partial charge in [0.05, 0.1) is 5.25 Å². The minimum absolute atomic E-state index is 0.146. The first-order valence-corrected chi connectivity index (χ1v) is 8.51. The van der Waals surface area contributed by atoms with Crippen LogP contribution in [-0.2, 0) is 16.0 Å². The Morgan fingerprint density at radius 2 is 1.52 bits per heavy atom. The number of carbonyl (C=O) groups excluding carboxylic acids is 1. The molecule has 0 bridgehead atoms. The average molecular weight is 328 g/mol. The fraction of sp³-hybridized carbons (Fsp3) is 0.350. The average Bonchev–Trinajstić information content (AvgIpc) is 2.56. The van der Waals surface area contributed by atoms with Crippen molar-refractivity contribution in [2.45, 2.75) is 45.0 Å². The Balaban J connectivity index is 2.20. The molecule has 0 radical (unpaired) electrons. The molecular formula is C20H24O2S. The minimum atomic E-state index is -0.281. The Morgan fingerprint density at radius 1 is 1.00 bits per heavy atom. The first-order valence-electron chi connectivity index (χ1n) is 7.99. The monoisotopic (exact) mass is 328 g/mol. The number of carbonyl (C=O) groups is 1. The molecular weight excluding hydrogens is 304 g/mol. The fourth-order valence-corrected chi connectivity index (χ4v) is 2.74. The van der Waals surface area contributed by atoms with Crippen LogP contribution in [0.1, 0.15) is 40.8 Å². The van der Waals surface area contributed by atoms with Crippen molar-refractivity contribution < 1.29 is 9.53 Å². The van der Waals surface area contributed by atoms with E-state index in [0.717, 1.165) is 11.1 Å². The predicted octanol–water partition coefficient (Wildman–Crippen LogP) is 4.84. The van der Waals surface area contributed by atoms with Gasteiger partial charge in [0.15, 0.2) is 0 Å². The number of ether oxygens (including phenoxy) is 1. The highest BCUT2D eigenvalue weighted by atomic mass is 32.1. The van der Waals surface area contributed by atoms with Gasteiger partial charge in [-0.2, -0.15) is 12.6 Å². The van der Waals surface area contributed by atoms with Gasteiger partial charge in [-0.1, -0.05) is 66.6 Å². The summed E-state index contributed by atoms with van der Waals surface area (Å²) in [5.41, 5.74) is 4.64. The van der Waals surface area contributed by atoms with E-state index in [4.69, 9.17) is 17.4 Å². The normalized spacial score (nSPS) is 13.4. The molecule has 122 valence electrons. The molecule has 0 spiro atoms. The maximum absolute atomic E-state index is 11.8. The molecule has 0 saturated carbocycles. The Morgan fingerprint density at radius 3 is 2.04 bits per heavy atom. The number of hydrogen-bond acceptors (Lipinski definition) is 3. The van der Waals surface area contributed by atoms with Crippen molar-refractivity contribution in [2.24, 2.45) is 0 Å². The molecule has 3 heteroatoms. The highest BCUT2D eigenvalue weighted by molar-refractivity contribution is 7.80. The molecule has 2 unspecified atom stereocenters. The quantitative estimate of drug-likeness (QED) is 0.607. The standard InChI is InChI=1S/C20H24O2S/c1-4-19(21)22-18(13-16-9-5-14(2)6-10-16)20(23)17-11-7-15(3)8-12-17/h5-12,18,20,23H,4,13H2,1-3H3. The maximum atomic E-state index is 11.8. The van der Waals surface area contributed by atoms with Crippen LogP contribution in [-0.4, -0.2) is 12.1 Å². The van der Waals surface area contributed by atoms with Crippen LogP contribution in [0, 0.1) is 13.8 Å². The van der Waals surface area contributed by atoms with Crippen molar-refractivity contribution in [3.8, 4) is 0 Å². The van der Waals surface area contributed by atoms with E-state index in [1.165, 1.54) is 11.1 Å². The van der Waals surface area contributed by atoms with Gasteiger partial charge < -0.3 is 4.74 Å². The van der Waals surface area contributed by atoms with Crippen molar-refractivity contribution in [3.63, 3.8) is 0 Å². The number of benzene rings is 2. The van der Waals surface area contributed by atoms with E-state index in [9.17, 15) is 4.79 Å². The van der Waals surface area contributed by atoms with Gasteiger partial charge in [0.2, 0.25) is 0 Å². The van der Waals surface area contributed by atoms with Gasteiger partial charge in [-0.15, -0.1) is 0 Å². The molecule has 2 aromatic carbocycles. The first-order chi connectivity index (χ1) is 11.0. The lowest BCUT2D eigenvalue weighted by atomic mass is 9.99. The van der Waals surface area contributed by atoms with E-state index in [1.54, 1.807) is 0 Å². The number of rotatable bonds is 6. The van der Waals surface area contributed by atoms with E-state index in [2.05, 4.69) is 62.4 Å².